The number of carboxylic acid groups (broad SMARTS) is 2. The number of aliphatic carboxylic acids is 2. The zero-order valence-electron chi connectivity index (χ0n) is 13.3. The molecular weight excluding hydrogens is 394 g/mol. The van der Waals surface area contributed by atoms with Crippen molar-refractivity contribution < 1.29 is 68.6 Å². The zero-order valence-corrected chi connectivity index (χ0v) is 16.3. The van der Waals surface area contributed by atoms with Gasteiger partial charge in [-0.15, -0.1) is 0 Å². The molecule has 2 N–H and O–H groups in total. The number of ether oxygens (including phenoxy) is 2. The van der Waals surface area contributed by atoms with Gasteiger partial charge >= 0.3 is 19.5 Å². The van der Waals surface area contributed by atoms with Crippen LogP contribution in [0.2, 0.25) is 0 Å². The van der Waals surface area contributed by atoms with E-state index in [0.29, 0.717) is 0 Å². The fourth-order valence-corrected chi connectivity index (χ4v) is 1.66. The average molecular weight is 408 g/mol. The van der Waals surface area contributed by atoms with Gasteiger partial charge in [0.15, 0.2) is 35.0 Å². The van der Waals surface area contributed by atoms with Crippen molar-refractivity contribution in [3.05, 3.63) is 24.7 Å². The molecule has 0 aromatic rings. The summed E-state index contributed by atoms with van der Waals surface area (Å²) < 4.78 is 9.19. The van der Waals surface area contributed by atoms with Crippen molar-refractivity contribution in [2.45, 2.75) is 37.3 Å². The summed E-state index contributed by atoms with van der Waals surface area (Å²) in [6.07, 6.45) is 0.403. The van der Waals surface area contributed by atoms with Gasteiger partial charge in [0.05, 0.1) is 24.5 Å². The fourth-order valence-electron chi connectivity index (χ4n) is 1.66. The molecule has 0 aromatic heterocycles. The summed E-state index contributed by atoms with van der Waals surface area (Å²) in [7, 11) is 0. The first-order valence-electron chi connectivity index (χ1n) is 6.52. The van der Waals surface area contributed by atoms with Crippen LogP contribution in [0.15, 0.2) is 24.7 Å². The molecule has 4 atom stereocenters. The summed E-state index contributed by atoms with van der Waals surface area (Å²) in [6, 6.07) is 0. The number of ketones is 2. The molecular formula is C14H14O10Zn. The SMILES string of the molecule is CC1(C(=O)[O-])OC=CC(=O)C1O.CC1(C(=O)[O-])OC=CC(=O)C1O.[Zn+2]. The van der Waals surface area contributed by atoms with Crippen LogP contribution in [0.25, 0.3) is 0 Å². The second-order valence-electron chi connectivity index (χ2n) is 5.24. The smallest absolute Gasteiger partial charge is 0.546 e. The minimum Gasteiger partial charge on any atom is -0.546 e. The molecule has 0 amide bonds. The molecule has 0 saturated heterocycles. The minimum atomic E-state index is -1.97. The molecule has 11 heteroatoms. The van der Waals surface area contributed by atoms with Gasteiger partial charge in [0.1, 0.15) is 0 Å². The quantitative estimate of drug-likeness (QED) is 0.428. The van der Waals surface area contributed by atoms with E-state index in [9.17, 15) is 29.4 Å². The van der Waals surface area contributed by atoms with Gasteiger partial charge in [0, 0.05) is 12.2 Å². The molecule has 0 fully saturated rings. The van der Waals surface area contributed by atoms with Crippen molar-refractivity contribution in [3.8, 4) is 0 Å². The Bertz CT molecular complexity index is 573. The van der Waals surface area contributed by atoms with Crippen molar-refractivity contribution in [3.63, 3.8) is 0 Å². The zero-order chi connectivity index (χ0) is 18.7. The third kappa shape index (κ3) is 4.50. The van der Waals surface area contributed by atoms with Crippen LogP contribution in [0, 0.1) is 0 Å². The van der Waals surface area contributed by atoms with Crippen LogP contribution in [0.3, 0.4) is 0 Å². The molecule has 4 unspecified atom stereocenters. The number of hydrogen-bond acceptors (Lipinski definition) is 10. The predicted molar refractivity (Wildman–Crippen MR) is 69.3 cm³/mol. The number of aliphatic hydroxyl groups excluding tert-OH is 2. The number of hydrogen-bond donors (Lipinski definition) is 2. The van der Waals surface area contributed by atoms with Crippen LogP contribution < -0.4 is 10.2 Å². The minimum absolute atomic E-state index is 0. The summed E-state index contributed by atoms with van der Waals surface area (Å²) in [5.41, 5.74) is -3.93. The number of rotatable bonds is 2. The summed E-state index contributed by atoms with van der Waals surface area (Å²) in [5.74, 6) is -4.64. The van der Waals surface area contributed by atoms with E-state index in [2.05, 4.69) is 9.47 Å². The number of carboxylic acids is 2. The van der Waals surface area contributed by atoms with Crippen molar-refractivity contribution in [1.82, 2.24) is 0 Å². The molecule has 0 aromatic carbocycles. The molecule has 2 heterocycles. The van der Waals surface area contributed by atoms with E-state index in [-0.39, 0.29) is 19.5 Å². The summed E-state index contributed by atoms with van der Waals surface area (Å²) >= 11 is 0. The van der Waals surface area contributed by atoms with E-state index in [1.807, 2.05) is 0 Å². The third-order valence-corrected chi connectivity index (χ3v) is 3.48. The molecule has 0 saturated carbocycles. The molecule has 2 aliphatic rings. The Morgan fingerprint density at radius 2 is 1.20 bits per heavy atom. The standard InChI is InChI=1S/2C7H8O5.Zn/c2*1-7(6(10)11)5(9)4(8)2-3-12-7;/h2*2-3,5,9H,1H3,(H,10,11);/q;;+2/p-2. The first kappa shape index (κ1) is 22.9. The van der Waals surface area contributed by atoms with Crippen LogP contribution in [-0.2, 0) is 48.1 Å². The second-order valence-corrected chi connectivity index (χ2v) is 5.24. The maximum absolute atomic E-state index is 10.8. The first-order chi connectivity index (χ1) is 11.0. The van der Waals surface area contributed by atoms with Gasteiger partial charge in [-0.1, -0.05) is 0 Å². The molecule has 10 nitrogen and oxygen atoms in total. The van der Waals surface area contributed by atoms with Crippen molar-refractivity contribution in [1.29, 1.82) is 0 Å². The Balaban J connectivity index is 0.000000443. The van der Waals surface area contributed by atoms with Gasteiger partial charge in [-0.25, -0.2) is 0 Å². The van der Waals surface area contributed by atoms with E-state index < -0.39 is 46.9 Å². The molecule has 2 aliphatic heterocycles. The Hall–Kier alpha value is -2.10. The number of aliphatic hydroxyl groups is 2. The number of carbonyl (C=O) groups excluding carboxylic acids is 4. The van der Waals surface area contributed by atoms with Crippen LogP contribution in [-0.4, -0.2) is 57.1 Å². The van der Waals surface area contributed by atoms with Gasteiger partial charge in [0.2, 0.25) is 0 Å². The normalized spacial score (nSPS) is 33.1. The van der Waals surface area contributed by atoms with Crippen LogP contribution in [0.1, 0.15) is 13.8 Å². The van der Waals surface area contributed by atoms with Crippen molar-refractivity contribution >= 4 is 23.5 Å². The summed E-state index contributed by atoms with van der Waals surface area (Å²) in [4.78, 5) is 42.5. The van der Waals surface area contributed by atoms with Gasteiger partial charge in [-0.3, -0.25) is 9.59 Å². The Morgan fingerprint density at radius 3 is 1.40 bits per heavy atom. The van der Waals surface area contributed by atoms with E-state index in [4.69, 9.17) is 10.2 Å². The second kappa shape index (κ2) is 8.33. The van der Waals surface area contributed by atoms with E-state index in [1.165, 1.54) is 0 Å². The van der Waals surface area contributed by atoms with Crippen molar-refractivity contribution in [2.75, 3.05) is 0 Å². The molecule has 0 bridgehead atoms. The van der Waals surface area contributed by atoms with Gasteiger partial charge in [-0.05, 0) is 13.8 Å². The van der Waals surface area contributed by atoms with E-state index in [1.54, 1.807) is 0 Å². The molecule has 2 rings (SSSR count). The molecule has 25 heavy (non-hydrogen) atoms. The molecule has 132 valence electrons. The monoisotopic (exact) mass is 406 g/mol. The van der Waals surface area contributed by atoms with Crippen molar-refractivity contribution in [2.24, 2.45) is 0 Å². The van der Waals surface area contributed by atoms with E-state index in [0.717, 1.165) is 38.5 Å². The van der Waals surface area contributed by atoms with Gasteiger partial charge in [-0.2, -0.15) is 0 Å². The van der Waals surface area contributed by atoms with Gasteiger partial charge in [0.25, 0.3) is 0 Å². The first-order valence-corrected chi connectivity index (χ1v) is 6.52. The molecule has 0 radical (unpaired) electrons. The van der Waals surface area contributed by atoms with E-state index >= 15 is 0 Å². The number of carbonyl (C=O) groups is 4. The maximum atomic E-state index is 10.8. The summed E-state index contributed by atoms with van der Waals surface area (Å²) in [6.45, 7) is 2.16. The topological polar surface area (TPSA) is 173 Å². The predicted octanol–water partition coefficient (Wildman–Crippen LogP) is -4.06. The Labute approximate surface area is 154 Å². The van der Waals surface area contributed by atoms with Crippen LogP contribution in [0.5, 0.6) is 0 Å². The maximum Gasteiger partial charge on any atom is 2.00 e. The fraction of sp³-hybridized carbons (Fsp3) is 0.429. The summed E-state index contributed by atoms with van der Waals surface area (Å²) in [5, 5.41) is 39.1. The Kier molecular flexibility index (Phi) is 7.63. The molecule has 0 aliphatic carbocycles. The third-order valence-electron chi connectivity index (χ3n) is 3.48. The Morgan fingerprint density at radius 1 is 0.920 bits per heavy atom. The molecule has 0 spiro atoms. The van der Waals surface area contributed by atoms with Crippen LogP contribution >= 0.6 is 0 Å². The average Bonchev–Trinajstić information content (AvgIpc) is 2.50. The van der Waals surface area contributed by atoms with Gasteiger partial charge < -0.3 is 39.5 Å². The van der Waals surface area contributed by atoms with Crippen LogP contribution in [0.4, 0.5) is 0 Å². The largest absolute Gasteiger partial charge is 2.00 e.